The molecule has 1 aliphatic rings. The molecule has 3 aromatic rings. The summed E-state index contributed by atoms with van der Waals surface area (Å²) >= 11 is 0. The number of aromatic nitrogens is 4. The van der Waals surface area contributed by atoms with Crippen molar-refractivity contribution in [2.75, 3.05) is 32.8 Å². The van der Waals surface area contributed by atoms with Gasteiger partial charge in [0.05, 0.1) is 32.0 Å². The van der Waals surface area contributed by atoms with E-state index in [4.69, 9.17) is 28.5 Å². The highest BCUT2D eigenvalue weighted by molar-refractivity contribution is 7.44. The number of imidazole rings is 1. The molecule has 13 nitrogen and oxygen atoms in total. The third-order valence-corrected chi connectivity index (χ3v) is 8.79. The summed E-state index contributed by atoms with van der Waals surface area (Å²) in [6.45, 7) is 8.78. The molecule has 1 amide bonds. The number of fused-ring (bicyclic) bond motifs is 1. The van der Waals surface area contributed by atoms with Gasteiger partial charge in [0, 0.05) is 31.9 Å². The van der Waals surface area contributed by atoms with Gasteiger partial charge in [-0.15, -0.1) is 0 Å². The highest BCUT2D eigenvalue weighted by Crippen LogP contribution is 2.50. The topological polar surface area (TPSA) is 146 Å². The fraction of sp³-hybridized carbons (Fsp3) is 0.536. The normalized spacial score (nSPS) is 21.3. The number of nitrogens with one attached hydrogen (secondary N) is 1. The predicted molar refractivity (Wildman–Crippen MR) is 156 cm³/mol. The van der Waals surface area contributed by atoms with Gasteiger partial charge in [0.25, 0.3) is 14.4 Å². The molecule has 42 heavy (non-hydrogen) atoms. The first kappa shape index (κ1) is 31.8. The van der Waals surface area contributed by atoms with Crippen molar-refractivity contribution in [1.29, 1.82) is 5.26 Å². The second kappa shape index (κ2) is 14.9. The lowest BCUT2D eigenvalue weighted by Crippen LogP contribution is -2.40. The largest absolute Gasteiger partial charge is 0.382 e. The van der Waals surface area contributed by atoms with Crippen LogP contribution in [0.5, 0.6) is 0 Å². The van der Waals surface area contributed by atoms with Crippen LogP contribution in [-0.4, -0.2) is 87.9 Å². The Morgan fingerprint density at radius 3 is 2.52 bits per heavy atom. The van der Waals surface area contributed by atoms with Gasteiger partial charge in [0.2, 0.25) is 0 Å². The van der Waals surface area contributed by atoms with E-state index in [1.807, 2.05) is 6.07 Å². The molecule has 226 valence electrons. The van der Waals surface area contributed by atoms with Gasteiger partial charge < -0.3 is 28.6 Å². The fourth-order valence-electron chi connectivity index (χ4n) is 4.91. The number of ether oxygens (including phenoxy) is 3. The van der Waals surface area contributed by atoms with Crippen molar-refractivity contribution in [3.63, 3.8) is 0 Å². The van der Waals surface area contributed by atoms with Crippen molar-refractivity contribution in [2.45, 2.75) is 70.7 Å². The number of nitrogens with zero attached hydrogens (tertiary/aromatic N) is 6. The lowest BCUT2D eigenvalue weighted by atomic mass is 10.1. The molecule has 14 heteroatoms. The molecule has 0 bridgehead atoms. The molecule has 0 saturated carbocycles. The van der Waals surface area contributed by atoms with Crippen LogP contribution in [0.4, 0.5) is 5.82 Å². The summed E-state index contributed by atoms with van der Waals surface area (Å²) in [6, 6.07) is 11.2. The molecule has 2 aromatic heterocycles. The van der Waals surface area contributed by atoms with Crippen molar-refractivity contribution in [3.05, 3.63) is 48.5 Å². The molecular formula is C28H38N7O6P. The Morgan fingerprint density at radius 2 is 1.88 bits per heavy atom. The standard InChI is InChI=1S/C28H38N7O6P/c1-18(2)35(19(3)4)42(39-14-10-13-29)41-23-21(15-37-5)40-28(24(23)38-6)34-17-32-22-25(30-16-31-26(22)34)33-27(36)20-11-8-7-9-12-20/h7-9,11-12,16-19,21,23-24,28H,10,14-15H2,1-6H3,(H,30,31,33,36)/t21-,23+,24?,28-,42?/m1/s1. The lowest BCUT2D eigenvalue weighted by molar-refractivity contribution is -0.0629. The van der Waals surface area contributed by atoms with Crippen LogP contribution in [0.3, 0.4) is 0 Å². The third kappa shape index (κ3) is 7.10. The molecule has 2 unspecified atom stereocenters. The number of rotatable bonds is 14. The number of nitriles is 1. The molecule has 1 N–H and O–H groups in total. The first-order valence-electron chi connectivity index (χ1n) is 13.8. The molecular weight excluding hydrogens is 561 g/mol. The number of carbonyl (C=O) groups excluding carboxylic acids is 1. The number of hydrogen-bond donors (Lipinski definition) is 1. The number of methoxy groups -OCH3 is 2. The SMILES string of the molecule is COC[C@H]1O[C@@H](n2cnc3c(NC(=O)c4ccccc4)ncnc32)C(OC)[C@H]1OP(OCCC#N)N(C(C)C)C(C)C. The Bertz CT molecular complexity index is 1340. The highest BCUT2D eigenvalue weighted by atomic mass is 31.2. The fourth-order valence-corrected chi connectivity index (χ4v) is 6.67. The van der Waals surface area contributed by atoms with Gasteiger partial charge in [-0.25, -0.2) is 19.6 Å². The van der Waals surface area contributed by atoms with E-state index in [-0.39, 0.29) is 43.4 Å². The maximum Gasteiger partial charge on any atom is 0.259 e. The summed E-state index contributed by atoms with van der Waals surface area (Å²) < 4.78 is 34.7. The van der Waals surface area contributed by atoms with Crippen molar-refractivity contribution in [3.8, 4) is 6.07 Å². The Morgan fingerprint density at radius 1 is 1.14 bits per heavy atom. The van der Waals surface area contributed by atoms with Crippen molar-refractivity contribution >= 4 is 31.4 Å². The molecule has 1 saturated heterocycles. The molecule has 1 aliphatic heterocycles. The van der Waals surface area contributed by atoms with Crippen LogP contribution >= 0.6 is 8.53 Å². The average molecular weight is 600 g/mol. The van der Waals surface area contributed by atoms with Crippen LogP contribution in [0.2, 0.25) is 0 Å². The molecule has 3 heterocycles. The van der Waals surface area contributed by atoms with Gasteiger partial charge in [0.15, 0.2) is 23.2 Å². The average Bonchev–Trinajstić information content (AvgIpc) is 3.55. The molecule has 1 fully saturated rings. The summed E-state index contributed by atoms with van der Waals surface area (Å²) in [5, 5.41) is 11.9. The van der Waals surface area contributed by atoms with E-state index < -0.39 is 33.1 Å². The molecule has 4 rings (SSSR count). The van der Waals surface area contributed by atoms with E-state index in [1.165, 1.54) is 6.33 Å². The van der Waals surface area contributed by atoms with E-state index in [1.54, 1.807) is 49.4 Å². The van der Waals surface area contributed by atoms with Crippen LogP contribution < -0.4 is 5.32 Å². The minimum absolute atomic E-state index is 0.122. The summed E-state index contributed by atoms with van der Waals surface area (Å²) in [7, 11) is 1.61. The summed E-state index contributed by atoms with van der Waals surface area (Å²) in [4.78, 5) is 26.0. The predicted octanol–water partition coefficient (Wildman–Crippen LogP) is 4.30. The zero-order valence-corrected chi connectivity index (χ0v) is 25.6. The van der Waals surface area contributed by atoms with Gasteiger partial charge in [0.1, 0.15) is 24.6 Å². The van der Waals surface area contributed by atoms with Crippen LogP contribution in [0.1, 0.15) is 50.7 Å². The highest BCUT2D eigenvalue weighted by Gasteiger charge is 2.49. The van der Waals surface area contributed by atoms with Crippen LogP contribution in [0, 0.1) is 11.3 Å². The van der Waals surface area contributed by atoms with E-state index in [2.05, 4.69) is 58.7 Å². The number of benzene rings is 1. The monoisotopic (exact) mass is 599 g/mol. The zero-order valence-electron chi connectivity index (χ0n) is 24.7. The quantitative estimate of drug-likeness (QED) is 0.209. The van der Waals surface area contributed by atoms with E-state index >= 15 is 0 Å². The first-order valence-corrected chi connectivity index (χ1v) is 14.9. The molecule has 0 spiro atoms. The molecule has 0 aliphatic carbocycles. The smallest absolute Gasteiger partial charge is 0.259 e. The van der Waals surface area contributed by atoms with E-state index in [0.717, 1.165) is 0 Å². The summed E-state index contributed by atoms with van der Waals surface area (Å²) in [5.74, 6) is -0.0324. The summed E-state index contributed by atoms with van der Waals surface area (Å²) in [6.07, 6.45) is 0.836. The second-order valence-electron chi connectivity index (χ2n) is 10.2. The number of amides is 1. The Labute approximate surface area is 247 Å². The zero-order chi connectivity index (χ0) is 30.2. The van der Waals surface area contributed by atoms with Gasteiger partial charge in [-0.05, 0) is 39.8 Å². The van der Waals surface area contributed by atoms with Crippen LogP contribution in [0.25, 0.3) is 11.2 Å². The number of anilines is 1. The maximum atomic E-state index is 12.8. The Kier molecular flexibility index (Phi) is 11.3. The lowest BCUT2D eigenvalue weighted by Gasteiger charge is -2.38. The number of carbonyl (C=O) groups is 1. The minimum atomic E-state index is -1.58. The maximum absolute atomic E-state index is 12.8. The van der Waals surface area contributed by atoms with Crippen molar-refractivity contribution in [1.82, 2.24) is 24.2 Å². The van der Waals surface area contributed by atoms with Gasteiger partial charge in [-0.1, -0.05) is 18.2 Å². The Hall–Kier alpha value is -3.08. The third-order valence-electron chi connectivity index (χ3n) is 6.66. The van der Waals surface area contributed by atoms with E-state index in [0.29, 0.717) is 16.7 Å². The van der Waals surface area contributed by atoms with Crippen LogP contribution in [-0.2, 0) is 23.3 Å². The van der Waals surface area contributed by atoms with Gasteiger partial charge in [-0.3, -0.25) is 9.36 Å². The molecule has 0 radical (unpaired) electrons. The van der Waals surface area contributed by atoms with E-state index in [9.17, 15) is 4.79 Å². The second-order valence-corrected chi connectivity index (χ2v) is 11.6. The summed E-state index contributed by atoms with van der Waals surface area (Å²) in [5.41, 5.74) is 1.35. The molecule has 1 aromatic carbocycles. The first-order chi connectivity index (χ1) is 20.3. The Balaban J connectivity index is 1.64. The van der Waals surface area contributed by atoms with Gasteiger partial charge in [-0.2, -0.15) is 5.26 Å². The minimum Gasteiger partial charge on any atom is -0.382 e. The van der Waals surface area contributed by atoms with Gasteiger partial charge >= 0.3 is 0 Å². The van der Waals surface area contributed by atoms with Crippen molar-refractivity contribution in [2.24, 2.45) is 0 Å². The molecule has 5 atom stereocenters. The van der Waals surface area contributed by atoms with Crippen molar-refractivity contribution < 1.29 is 28.1 Å². The van der Waals surface area contributed by atoms with Crippen LogP contribution in [0.15, 0.2) is 43.0 Å². The number of hydrogen-bond acceptors (Lipinski definition) is 11.